The SMILES string of the molecule is COc1ccc(NS(=O)(=O)c2ccc(O)c(C(=O)OCC(=O)Nc3ccc(OC(F)(F)F)cc3)c2)cc1. The second kappa shape index (κ2) is 11.1. The number of carbonyl (C=O) groups is 2. The van der Waals surface area contributed by atoms with Gasteiger partial charge in [-0.05, 0) is 66.7 Å². The molecule has 14 heteroatoms. The van der Waals surface area contributed by atoms with Crippen LogP contribution < -0.4 is 19.5 Å². The molecular formula is C23H19F3N2O8S. The van der Waals surface area contributed by atoms with Gasteiger partial charge in [0.05, 0.1) is 12.0 Å². The third-order valence-electron chi connectivity index (χ3n) is 4.55. The molecule has 0 bridgehead atoms. The quantitative estimate of drug-likeness (QED) is 0.347. The molecule has 0 aromatic heterocycles. The molecular weight excluding hydrogens is 521 g/mol. The average molecular weight is 540 g/mol. The van der Waals surface area contributed by atoms with E-state index >= 15 is 0 Å². The van der Waals surface area contributed by atoms with Crippen LogP contribution in [0.5, 0.6) is 17.2 Å². The number of phenols is 1. The van der Waals surface area contributed by atoms with Crippen molar-refractivity contribution in [1.29, 1.82) is 0 Å². The molecule has 3 rings (SSSR count). The average Bonchev–Trinajstić information content (AvgIpc) is 2.83. The molecule has 0 saturated carbocycles. The van der Waals surface area contributed by atoms with Crippen LogP contribution in [0.1, 0.15) is 10.4 Å². The molecule has 0 spiro atoms. The van der Waals surface area contributed by atoms with Crippen LogP contribution in [0.4, 0.5) is 24.5 Å². The number of amides is 1. The second-order valence-electron chi connectivity index (χ2n) is 7.21. The van der Waals surface area contributed by atoms with Crippen molar-refractivity contribution in [3.05, 3.63) is 72.3 Å². The zero-order valence-corrected chi connectivity index (χ0v) is 19.7. The van der Waals surface area contributed by atoms with Crippen LogP contribution in [0, 0.1) is 0 Å². The summed E-state index contributed by atoms with van der Waals surface area (Å²) in [5, 5.41) is 12.3. The number of benzene rings is 3. The van der Waals surface area contributed by atoms with Crippen molar-refractivity contribution in [2.75, 3.05) is 23.8 Å². The number of sulfonamides is 1. The minimum atomic E-state index is -4.87. The number of ether oxygens (including phenoxy) is 3. The molecule has 10 nitrogen and oxygen atoms in total. The normalized spacial score (nSPS) is 11.4. The van der Waals surface area contributed by atoms with E-state index in [2.05, 4.69) is 14.8 Å². The number of rotatable bonds is 9. The zero-order chi connectivity index (χ0) is 27.2. The Hall–Kier alpha value is -4.46. The highest BCUT2D eigenvalue weighted by Crippen LogP contribution is 2.26. The first kappa shape index (κ1) is 27.1. The number of aromatic hydroxyl groups is 1. The summed E-state index contributed by atoms with van der Waals surface area (Å²) in [7, 11) is -2.71. The molecule has 0 saturated heterocycles. The van der Waals surface area contributed by atoms with Gasteiger partial charge in [-0.15, -0.1) is 13.2 Å². The molecule has 0 fully saturated rings. The predicted molar refractivity (Wildman–Crippen MR) is 124 cm³/mol. The van der Waals surface area contributed by atoms with E-state index in [1.807, 2.05) is 0 Å². The Balaban J connectivity index is 1.62. The summed E-state index contributed by atoms with van der Waals surface area (Å²) in [6.07, 6.45) is -4.87. The molecule has 3 aromatic carbocycles. The van der Waals surface area contributed by atoms with E-state index in [-0.39, 0.29) is 16.3 Å². The summed E-state index contributed by atoms with van der Waals surface area (Å²) in [5.41, 5.74) is -0.206. The fourth-order valence-electron chi connectivity index (χ4n) is 2.86. The van der Waals surface area contributed by atoms with E-state index in [0.29, 0.717) is 5.75 Å². The molecule has 0 aliphatic carbocycles. The molecule has 0 atom stereocenters. The van der Waals surface area contributed by atoms with E-state index in [9.17, 15) is 36.3 Å². The Morgan fingerprint density at radius 1 is 0.919 bits per heavy atom. The minimum Gasteiger partial charge on any atom is -0.507 e. The van der Waals surface area contributed by atoms with Crippen LogP contribution in [-0.4, -0.2) is 45.5 Å². The smallest absolute Gasteiger partial charge is 0.507 e. The third kappa shape index (κ3) is 7.76. The van der Waals surface area contributed by atoms with E-state index in [0.717, 1.165) is 42.5 Å². The zero-order valence-electron chi connectivity index (χ0n) is 18.9. The van der Waals surface area contributed by atoms with E-state index < -0.39 is 51.9 Å². The van der Waals surface area contributed by atoms with Crippen LogP contribution in [0.2, 0.25) is 0 Å². The summed E-state index contributed by atoms with van der Waals surface area (Å²) >= 11 is 0. The number of methoxy groups -OCH3 is 1. The number of alkyl halides is 3. The second-order valence-corrected chi connectivity index (χ2v) is 8.89. The van der Waals surface area contributed by atoms with Crippen molar-refractivity contribution in [2.45, 2.75) is 11.3 Å². The molecule has 196 valence electrons. The fourth-order valence-corrected chi connectivity index (χ4v) is 3.95. The molecule has 3 N–H and O–H groups in total. The van der Waals surface area contributed by atoms with Gasteiger partial charge in [-0.2, -0.15) is 0 Å². The van der Waals surface area contributed by atoms with Crippen molar-refractivity contribution in [3.63, 3.8) is 0 Å². The number of halogens is 3. The van der Waals surface area contributed by atoms with Gasteiger partial charge in [0.25, 0.3) is 15.9 Å². The maximum Gasteiger partial charge on any atom is 0.573 e. The van der Waals surface area contributed by atoms with E-state index in [1.54, 1.807) is 0 Å². The molecule has 0 radical (unpaired) electrons. The maximum atomic E-state index is 12.7. The van der Waals surface area contributed by atoms with Gasteiger partial charge < -0.3 is 24.6 Å². The van der Waals surface area contributed by atoms with Crippen LogP contribution in [0.25, 0.3) is 0 Å². The standard InChI is InChI=1S/C23H19F3N2O8S/c1-34-16-6-4-15(5-7-16)28-37(32,33)18-10-11-20(29)19(12-18)22(31)35-13-21(30)27-14-2-8-17(9-3-14)36-23(24,25)26/h2-12,28-29H,13H2,1H3,(H,27,30). The van der Waals surface area contributed by atoms with Crippen molar-refractivity contribution < 1.29 is 50.5 Å². The first-order valence-corrected chi connectivity index (χ1v) is 11.7. The predicted octanol–water partition coefficient (Wildman–Crippen LogP) is 3.90. The number of anilines is 2. The lowest BCUT2D eigenvalue weighted by molar-refractivity contribution is -0.274. The van der Waals surface area contributed by atoms with Gasteiger partial charge in [0.15, 0.2) is 6.61 Å². The molecule has 0 unspecified atom stereocenters. The molecule has 0 aliphatic rings. The Bertz CT molecular complexity index is 1380. The largest absolute Gasteiger partial charge is 0.573 e. The van der Waals surface area contributed by atoms with Gasteiger partial charge in [0.2, 0.25) is 0 Å². The van der Waals surface area contributed by atoms with Crippen molar-refractivity contribution in [2.24, 2.45) is 0 Å². The first-order chi connectivity index (χ1) is 17.4. The topological polar surface area (TPSA) is 140 Å². The number of carbonyl (C=O) groups excluding carboxylic acids is 2. The monoisotopic (exact) mass is 540 g/mol. The van der Waals surface area contributed by atoms with Gasteiger partial charge in [0.1, 0.15) is 22.8 Å². The van der Waals surface area contributed by atoms with Crippen molar-refractivity contribution in [3.8, 4) is 17.2 Å². The van der Waals surface area contributed by atoms with Gasteiger partial charge in [-0.3, -0.25) is 9.52 Å². The Kier molecular flexibility index (Phi) is 8.12. The summed E-state index contributed by atoms with van der Waals surface area (Å²) in [5.74, 6) is -2.61. The summed E-state index contributed by atoms with van der Waals surface area (Å²) in [4.78, 5) is 24.1. The van der Waals surface area contributed by atoms with Crippen LogP contribution in [0.15, 0.2) is 71.6 Å². The van der Waals surface area contributed by atoms with E-state index in [4.69, 9.17) is 9.47 Å². The number of phenolic OH excluding ortho intramolecular Hbond substituents is 1. The number of hydrogen-bond acceptors (Lipinski definition) is 8. The number of nitrogens with one attached hydrogen (secondary N) is 2. The molecule has 0 heterocycles. The Morgan fingerprint density at radius 2 is 1.51 bits per heavy atom. The molecule has 0 aliphatic heterocycles. The van der Waals surface area contributed by atoms with Crippen LogP contribution in [0.3, 0.4) is 0 Å². The maximum absolute atomic E-state index is 12.7. The Labute approximate surface area is 208 Å². The van der Waals surface area contributed by atoms with Gasteiger partial charge in [-0.1, -0.05) is 0 Å². The fraction of sp³-hybridized carbons (Fsp3) is 0.130. The Morgan fingerprint density at radius 3 is 2.11 bits per heavy atom. The lowest BCUT2D eigenvalue weighted by Gasteiger charge is -2.12. The number of esters is 1. The molecule has 3 aromatic rings. The minimum absolute atomic E-state index is 0.0936. The van der Waals surface area contributed by atoms with Crippen molar-refractivity contribution >= 4 is 33.3 Å². The number of hydrogen-bond donors (Lipinski definition) is 3. The molecule has 1 amide bonds. The third-order valence-corrected chi connectivity index (χ3v) is 5.93. The van der Waals surface area contributed by atoms with Gasteiger partial charge >= 0.3 is 12.3 Å². The summed E-state index contributed by atoms with van der Waals surface area (Å²) in [6, 6.07) is 13.1. The highest BCUT2D eigenvalue weighted by Gasteiger charge is 2.31. The lowest BCUT2D eigenvalue weighted by atomic mass is 10.2. The van der Waals surface area contributed by atoms with E-state index in [1.165, 1.54) is 31.4 Å². The van der Waals surface area contributed by atoms with Crippen molar-refractivity contribution in [1.82, 2.24) is 0 Å². The van der Waals surface area contributed by atoms with Crippen LogP contribution in [-0.2, 0) is 19.6 Å². The lowest BCUT2D eigenvalue weighted by Crippen LogP contribution is -2.21. The highest BCUT2D eigenvalue weighted by atomic mass is 32.2. The summed E-state index contributed by atoms with van der Waals surface area (Å²) in [6.45, 7) is -0.833. The van der Waals surface area contributed by atoms with Crippen LogP contribution >= 0.6 is 0 Å². The highest BCUT2D eigenvalue weighted by molar-refractivity contribution is 7.92. The van der Waals surface area contributed by atoms with Gasteiger partial charge in [-0.25, -0.2) is 13.2 Å². The first-order valence-electron chi connectivity index (χ1n) is 10.2. The van der Waals surface area contributed by atoms with Gasteiger partial charge in [0, 0.05) is 11.4 Å². The summed E-state index contributed by atoms with van der Waals surface area (Å²) < 4.78 is 77.9. The molecule has 37 heavy (non-hydrogen) atoms.